The molecule has 1 saturated carbocycles. The molecule has 0 aromatic heterocycles. The molecule has 6 heteroatoms. The summed E-state index contributed by atoms with van der Waals surface area (Å²) in [5.41, 5.74) is 2.44. The summed E-state index contributed by atoms with van der Waals surface area (Å²) in [5.74, 6) is 0.927. The molecule has 30 heavy (non-hydrogen) atoms. The highest BCUT2D eigenvalue weighted by molar-refractivity contribution is 5.80. The lowest BCUT2D eigenvalue weighted by molar-refractivity contribution is -0.0390. The van der Waals surface area contributed by atoms with Gasteiger partial charge in [-0.1, -0.05) is 24.3 Å². The van der Waals surface area contributed by atoms with Crippen LogP contribution < -0.4 is 10.6 Å². The molecular formula is C24H38N4O2. The molecular weight excluding hydrogens is 376 g/mol. The Morgan fingerprint density at radius 3 is 2.77 bits per heavy atom. The van der Waals surface area contributed by atoms with Gasteiger partial charge in [-0.25, -0.2) is 4.99 Å². The van der Waals surface area contributed by atoms with E-state index in [2.05, 4.69) is 53.6 Å². The van der Waals surface area contributed by atoms with Crippen molar-refractivity contribution in [2.75, 3.05) is 26.3 Å². The number of nitrogens with one attached hydrogen (secondary N) is 2. The van der Waals surface area contributed by atoms with Crippen LogP contribution in [0.4, 0.5) is 0 Å². The number of ether oxygens (including phenoxy) is 2. The van der Waals surface area contributed by atoms with Gasteiger partial charge < -0.3 is 20.1 Å². The van der Waals surface area contributed by atoms with Gasteiger partial charge in [0.25, 0.3) is 0 Å². The van der Waals surface area contributed by atoms with Crippen LogP contribution in [0.15, 0.2) is 29.3 Å². The molecule has 0 amide bonds. The second kappa shape index (κ2) is 10.6. The summed E-state index contributed by atoms with van der Waals surface area (Å²) >= 11 is 0. The summed E-state index contributed by atoms with van der Waals surface area (Å²) in [6, 6.07) is 10.6. The van der Waals surface area contributed by atoms with Gasteiger partial charge in [-0.2, -0.15) is 0 Å². The standard InChI is InChI=1S/C24H38N4O2/c1-3-25-24(27-21-13-18(2)28(16-21)22-7-8-22)26-15-19-5-4-6-20(14-19)17-30-23-9-11-29-12-10-23/h4-6,14,18,21-23H,3,7-13,15-17H2,1-2H3,(H2,25,26,27). The van der Waals surface area contributed by atoms with E-state index in [1.807, 2.05) is 0 Å². The molecule has 3 fully saturated rings. The molecule has 3 aliphatic rings. The summed E-state index contributed by atoms with van der Waals surface area (Å²) in [6.07, 6.45) is 6.27. The van der Waals surface area contributed by atoms with E-state index in [0.717, 1.165) is 51.1 Å². The van der Waals surface area contributed by atoms with Gasteiger partial charge in [-0.15, -0.1) is 0 Å². The van der Waals surface area contributed by atoms with Crippen molar-refractivity contribution >= 4 is 5.96 Å². The highest BCUT2D eigenvalue weighted by Crippen LogP contribution is 2.33. The second-order valence-electron chi connectivity index (χ2n) is 8.99. The van der Waals surface area contributed by atoms with E-state index in [9.17, 15) is 0 Å². The number of benzene rings is 1. The molecule has 6 nitrogen and oxygen atoms in total. The summed E-state index contributed by atoms with van der Waals surface area (Å²) < 4.78 is 11.5. The Hall–Kier alpha value is -1.63. The van der Waals surface area contributed by atoms with Crippen molar-refractivity contribution < 1.29 is 9.47 Å². The highest BCUT2D eigenvalue weighted by atomic mass is 16.5. The first kappa shape index (κ1) is 21.6. The third-order valence-corrected chi connectivity index (χ3v) is 6.39. The number of likely N-dealkylation sites (tertiary alicyclic amines) is 1. The van der Waals surface area contributed by atoms with E-state index in [4.69, 9.17) is 14.5 Å². The Balaban J connectivity index is 1.29. The quantitative estimate of drug-likeness (QED) is 0.506. The monoisotopic (exact) mass is 414 g/mol. The van der Waals surface area contributed by atoms with Crippen molar-refractivity contribution in [2.24, 2.45) is 4.99 Å². The molecule has 0 spiro atoms. The Labute approximate surface area is 181 Å². The number of aliphatic imine (C=N–C) groups is 1. The molecule has 2 heterocycles. The smallest absolute Gasteiger partial charge is 0.191 e. The minimum absolute atomic E-state index is 0.328. The zero-order chi connectivity index (χ0) is 20.8. The van der Waals surface area contributed by atoms with Gasteiger partial charge in [0.05, 0.1) is 19.3 Å². The van der Waals surface area contributed by atoms with Gasteiger partial charge in [-0.3, -0.25) is 4.90 Å². The molecule has 1 aromatic rings. The maximum absolute atomic E-state index is 6.08. The van der Waals surface area contributed by atoms with E-state index in [-0.39, 0.29) is 0 Å². The van der Waals surface area contributed by atoms with Gasteiger partial charge in [0.2, 0.25) is 0 Å². The lowest BCUT2D eigenvalue weighted by Gasteiger charge is -2.22. The van der Waals surface area contributed by atoms with E-state index >= 15 is 0 Å². The normalized spacial score (nSPS) is 26.1. The fourth-order valence-electron chi connectivity index (χ4n) is 4.63. The topological polar surface area (TPSA) is 58.1 Å². The Morgan fingerprint density at radius 1 is 1.20 bits per heavy atom. The fraction of sp³-hybridized carbons (Fsp3) is 0.708. The van der Waals surface area contributed by atoms with E-state index in [1.165, 1.54) is 30.4 Å². The van der Waals surface area contributed by atoms with Gasteiger partial charge in [-0.05, 0) is 57.1 Å². The molecule has 4 rings (SSSR count). The van der Waals surface area contributed by atoms with Crippen LogP contribution in [0.5, 0.6) is 0 Å². The molecule has 166 valence electrons. The first-order chi connectivity index (χ1) is 14.7. The Kier molecular flexibility index (Phi) is 7.63. The van der Waals surface area contributed by atoms with Crippen LogP contribution in [0.1, 0.15) is 57.1 Å². The predicted molar refractivity (Wildman–Crippen MR) is 121 cm³/mol. The van der Waals surface area contributed by atoms with Crippen LogP contribution >= 0.6 is 0 Å². The maximum Gasteiger partial charge on any atom is 0.191 e. The predicted octanol–water partition coefficient (Wildman–Crippen LogP) is 3.06. The first-order valence-corrected chi connectivity index (χ1v) is 11.8. The average Bonchev–Trinajstić information content (AvgIpc) is 3.54. The largest absolute Gasteiger partial charge is 0.381 e. The van der Waals surface area contributed by atoms with Crippen LogP contribution in [0.3, 0.4) is 0 Å². The van der Waals surface area contributed by atoms with Crippen molar-refractivity contribution in [1.29, 1.82) is 0 Å². The minimum atomic E-state index is 0.328. The zero-order valence-electron chi connectivity index (χ0n) is 18.6. The third kappa shape index (κ3) is 6.19. The van der Waals surface area contributed by atoms with Crippen molar-refractivity contribution in [1.82, 2.24) is 15.5 Å². The molecule has 1 aromatic carbocycles. The zero-order valence-corrected chi connectivity index (χ0v) is 18.6. The minimum Gasteiger partial charge on any atom is -0.381 e. The SMILES string of the molecule is CCNC(=NCc1cccc(COC2CCOCC2)c1)NC1CC(C)N(C2CC2)C1. The highest BCUT2D eigenvalue weighted by Gasteiger charge is 2.38. The summed E-state index contributed by atoms with van der Waals surface area (Å²) in [5, 5.41) is 7.09. The van der Waals surface area contributed by atoms with Crippen LogP contribution in [-0.2, 0) is 22.6 Å². The van der Waals surface area contributed by atoms with E-state index in [0.29, 0.717) is 31.3 Å². The maximum atomic E-state index is 6.08. The van der Waals surface area contributed by atoms with Crippen LogP contribution in [-0.4, -0.2) is 61.4 Å². The van der Waals surface area contributed by atoms with Gasteiger partial charge in [0, 0.05) is 44.4 Å². The fourth-order valence-corrected chi connectivity index (χ4v) is 4.63. The number of nitrogens with zero attached hydrogens (tertiary/aromatic N) is 2. The van der Waals surface area contributed by atoms with Gasteiger partial charge >= 0.3 is 0 Å². The van der Waals surface area contributed by atoms with Crippen LogP contribution in [0.2, 0.25) is 0 Å². The van der Waals surface area contributed by atoms with Crippen molar-refractivity contribution in [3.05, 3.63) is 35.4 Å². The molecule has 0 bridgehead atoms. The molecule has 2 unspecified atom stereocenters. The van der Waals surface area contributed by atoms with Crippen LogP contribution in [0, 0.1) is 0 Å². The van der Waals surface area contributed by atoms with Crippen molar-refractivity contribution in [2.45, 2.75) is 83.3 Å². The molecule has 2 N–H and O–H groups in total. The third-order valence-electron chi connectivity index (χ3n) is 6.39. The molecule has 2 atom stereocenters. The van der Waals surface area contributed by atoms with Gasteiger partial charge in [0.1, 0.15) is 0 Å². The van der Waals surface area contributed by atoms with E-state index < -0.39 is 0 Å². The average molecular weight is 415 g/mol. The summed E-state index contributed by atoms with van der Waals surface area (Å²) in [7, 11) is 0. The second-order valence-corrected chi connectivity index (χ2v) is 8.99. The lowest BCUT2D eigenvalue weighted by Crippen LogP contribution is -2.44. The molecule has 2 saturated heterocycles. The Morgan fingerprint density at radius 2 is 2.00 bits per heavy atom. The number of hydrogen-bond donors (Lipinski definition) is 2. The molecule has 0 radical (unpaired) electrons. The number of hydrogen-bond acceptors (Lipinski definition) is 4. The number of guanidine groups is 1. The van der Waals surface area contributed by atoms with Gasteiger partial charge in [0.15, 0.2) is 5.96 Å². The lowest BCUT2D eigenvalue weighted by atomic mass is 10.1. The van der Waals surface area contributed by atoms with Crippen molar-refractivity contribution in [3.8, 4) is 0 Å². The number of rotatable bonds is 8. The van der Waals surface area contributed by atoms with E-state index in [1.54, 1.807) is 0 Å². The summed E-state index contributed by atoms with van der Waals surface area (Å²) in [4.78, 5) is 7.54. The van der Waals surface area contributed by atoms with Crippen molar-refractivity contribution in [3.63, 3.8) is 0 Å². The first-order valence-electron chi connectivity index (χ1n) is 11.8. The Bertz CT molecular complexity index is 700. The summed E-state index contributed by atoms with van der Waals surface area (Å²) in [6.45, 7) is 9.47. The van der Waals surface area contributed by atoms with Crippen LogP contribution in [0.25, 0.3) is 0 Å². The molecule has 1 aliphatic carbocycles. The molecule has 2 aliphatic heterocycles.